The van der Waals surface area contributed by atoms with Gasteiger partial charge < -0.3 is 10.0 Å². The molecule has 1 aromatic rings. The van der Waals surface area contributed by atoms with E-state index < -0.39 is 23.7 Å². The van der Waals surface area contributed by atoms with Crippen LogP contribution in [0.2, 0.25) is 0 Å². The Morgan fingerprint density at radius 3 is 2.89 bits per heavy atom. The summed E-state index contributed by atoms with van der Waals surface area (Å²) in [6, 6.07) is 3.49. The lowest BCUT2D eigenvalue weighted by molar-refractivity contribution is -0.140. The molecule has 1 heterocycles. The molecule has 1 fully saturated rings. The topological polar surface area (TPSA) is 57.6 Å². The summed E-state index contributed by atoms with van der Waals surface area (Å²) < 4.78 is 14.0. The molecule has 96 valence electrons. The highest BCUT2D eigenvalue weighted by Gasteiger charge is 2.36. The van der Waals surface area contributed by atoms with Gasteiger partial charge >= 0.3 is 5.97 Å². The number of hydrogen-bond donors (Lipinski definition) is 1. The number of hydrogen-bond acceptors (Lipinski definition) is 3. The van der Waals surface area contributed by atoms with E-state index in [0.29, 0.717) is 5.75 Å². The lowest BCUT2D eigenvalue weighted by Gasteiger charge is -2.20. The highest BCUT2D eigenvalue weighted by molar-refractivity contribution is 9.10. The number of carbonyl (C=O) groups excluding carboxylic acids is 1. The van der Waals surface area contributed by atoms with E-state index in [4.69, 9.17) is 5.11 Å². The molecule has 1 unspecified atom stereocenters. The number of thioether (sulfide) groups is 1. The number of halogens is 2. The van der Waals surface area contributed by atoms with Gasteiger partial charge in [0.1, 0.15) is 11.9 Å². The summed E-state index contributed by atoms with van der Waals surface area (Å²) in [4.78, 5) is 24.3. The van der Waals surface area contributed by atoms with Gasteiger partial charge in [-0.25, -0.2) is 9.18 Å². The zero-order valence-electron chi connectivity index (χ0n) is 9.10. The molecule has 1 aromatic carbocycles. The van der Waals surface area contributed by atoms with Crippen LogP contribution in [0.25, 0.3) is 0 Å². The Morgan fingerprint density at radius 2 is 2.22 bits per heavy atom. The highest BCUT2D eigenvalue weighted by atomic mass is 79.9. The fourth-order valence-electron chi connectivity index (χ4n) is 1.67. The summed E-state index contributed by atoms with van der Waals surface area (Å²) in [6.45, 7) is 0. The number of carboxylic acid groups (broad SMARTS) is 1. The minimum absolute atomic E-state index is 0.113. The van der Waals surface area contributed by atoms with Crippen molar-refractivity contribution in [1.29, 1.82) is 0 Å². The molecule has 0 bridgehead atoms. The summed E-state index contributed by atoms with van der Waals surface area (Å²) in [5, 5.41) is 8.99. The second-order valence-corrected chi connectivity index (χ2v) is 5.58. The Labute approximate surface area is 115 Å². The van der Waals surface area contributed by atoms with Crippen molar-refractivity contribution >= 4 is 39.6 Å². The number of carboxylic acids is 1. The van der Waals surface area contributed by atoms with Gasteiger partial charge in [0.25, 0.3) is 5.91 Å². The Balaban J connectivity index is 2.31. The first-order valence-corrected chi connectivity index (χ1v) is 7.02. The zero-order valence-corrected chi connectivity index (χ0v) is 11.5. The first kappa shape index (κ1) is 13.4. The molecule has 0 radical (unpaired) electrons. The number of amides is 1. The molecular weight excluding hydrogens is 325 g/mol. The van der Waals surface area contributed by atoms with Crippen molar-refractivity contribution in [2.45, 2.75) is 6.04 Å². The molecule has 0 aromatic heterocycles. The van der Waals surface area contributed by atoms with E-state index in [2.05, 4.69) is 15.9 Å². The van der Waals surface area contributed by atoms with Crippen LogP contribution in [-0.4, -0.2) is 39.6 Å². The highest BCUT2D eigenvalue weighted by Crippen LogP contribution is 2.26. The van der Waals surface area contributed by atoms with Crippen LogP contribution in [0.1, 0.15) is 10.4 Å². The number of benzene rings is 1. The van der Waals surface area contributed by atoms with Gasteiger partial charge in [-0.3, -0.25) is 4.79 Å². The fraction of sp³-hybridized carbons (Fsp3) is 0.273. The van der Waals surface area contributed by atoms with Crippen molar-refractivity contribution in [3.05, 3.63) is 34.1 Å². The smallest absolute Gasteiger partial charge is 0.327 e. The molecule has 0 saturated carbocycles. The maximum absolute atomic E-state index is 13.8. The third kappa shape index (κ3) is 2.37. The van der Waals surface area contributed by atoms with Crippen molar-refractivity contribution in [2.75, 3.05) is 11.6 Å². The van der Waals surface area contributed by atoms with Crippen molar-refractivity contribution in [3.63, 3.8) is 0 Å². The molecule has 1 aliphatic heterocycles. The quantitative estimate of drug-likeness (QED) is 0.901. The van der Waals surface area contributed by atoms with Crippen molar-refractivity contribution in [3.8, 4) is 0 Å². The summed E-state index contributed by atoms with van der Waals surface area (Å²) in [7, 11) is 0. The average Bonchev–Trinajstić information content (AvgIpc) is 2.81. The van der Waals surface area contributed by atoms with Crippen molar-refractivity contribution in [2.24, 2.45) is 0 Å². The van der Waals surface area contributed by atoms with Crippen LogP contribution in [0.3, 0.4) is 0 Å². The van der Waals surface area contributed by atoms with E-state index >= 15 is 0 Å². The molecule has 4 nitrogen and oxygen atoms in total. The standard InChI is InChI=1S/C11H9BrFNO3S/c12-7-3-1-2-6(9(7)13)10(15)14-5-18-4-8(14)11(16)17/h1-3,8H,4-5H2,(H,16,17). The average molecular weight is 334 g/mol. The minimum atomic E-state index is -1.07. The molecule has 1 amide bonds. The second kappa shape index (κ2) is 5.27. The molecule has 0 spiro atoms. The minimum Gasteiger partial charge on any atom is -0.480 e. The van der Waals surface area contributed by atoms with E-state index in [-0.39, 0.29) is 15.9 Å². The van der Waals surface area contributed by atoms with Crippen LogP contribution in [0.4, 0.5) is 4.39 Å². The van der Waals surface area contributed by atoms with E-state index in [1.807, 2.05) is 0 Å². The predicted molar refractivity (Wildman–Crippen MR) is 69.0 cm³/mol. The lowest BCUT2D eigenvalue weighted by atomic mass is 10.1. The Bertz CT molecular complexity index is 511. The molecular formula is C11H9BrFNO3S. The van der Waals surface area contributed by atoms with Gasteiger partial charge in [-0.15, -0.1) is 11.8 Å². The first-order valence-electron chi connectivity index (χ1n) is 5.08. The summed E-state index contributed by atoms with van der Waals surface area (Å²) in [6.07, 6.45) is 0. The maximum Gasteiger partial charge on any atom is 0.327 e. The Morgan fingerprint density at radius 1 is 1.50 bits per heavy atom. The summed E-state index contributed by atoms with van der Waals surface area (Å²) >= 11 is 4.34. The summed E-state index contributed by atoms with van der Waals surface area (Å²) in [5.74, 6) is -1.73. The Hall–Kier alpha value is -1.08. The van der Waals surface area contributed by atoms with Crippen LogP contribution in [0.5, 0.6) is 0 Å². The van der Waals surface area contributed by atoms with Crippen LogP contribution >= 0.6 is 27.7 Å². The van der Waals surface area contributed by atoms with Crippen molar-refractivity contribution in [1.82, 2.24) is 4.90 Å². The molecule has 1 saturated heterocycles. The van der Waals surface area contributed by atoms with E-state index in [0.717, 1.165) is 0 Å². The number of nitrogens with zero attached hydrogens (tertiary/aromatic N) is 1. The monoisotopic (exact) mass is 333 g/mol. The van der Waals surface area contributed by atoms with Crippen molar-refractivity contribution < 1.29 is 19.1 Å². The van der Waals surface area contributed by atoms with Gasteiger partial charge in [0, 0.05) is 5.75 Å². The molecule has 0 aliphatic carbocycles. The van der Waals surface area contributed by atoms with Crippen LogP contribution in [-0.2, 0) is 4.79 Å². The largest absolute Gasteiger partial charge is 0.480 e. The number of aliphatic carboxylic acids is 1. The SMILES string of the molecule is O=C(O)C1CSCN1C(=O)c1cccc(Br)c1F. The zero-order chi connectivity index (χ0) is 13.3. The van der Waals surface area contributed by atoms with E-state index in [1.54, 1.807) is 6.07 Å². The van der Waals surface area contributed by atoms with Crippen LogP contribution in [0.15, 0.2) is 22.7 Å². The third-order valence-electron chi connectivity index (χ3n) is 2.61. The van der Waals surface area contributed by atoms with E-state index in [9.17, 15) is 14.0 Å². The molecule has 1 aliphatic rings. The fourth-order valence-corrected chi connectivity index (χ4v) is 3.18. The van der Waals surface area contributed by atoms with Gasteiger partial charge in [0.15, 0.2) is 0 Å². The van der Waals surface area contributed by atoms with Gasteiger partial charge in [-0.1, -0.05) is 6.07 Å². The lowest BCUT2D eigenvalue weighted by Crippen LogP contribution is -2.42. The van der Waals surface area contributed by atoms with Crippen LogP contribution < -0.4 is 0 Å². The van der Waals surface area contributed by atoms with Gasteiger partial charge in [-0.05, 0) is 28.1 Å². The van der Waals surface area contributed by atoms with Crippen LogP contribution in [0, 0.1) is 5.82 Å². The molecule has 1 atom stereocenters. The molecule has 18 heavy (non-hydrogen) atoms. The Kier molecular flexibility index (Phi) is 3.91. The maximum atomic E-state index is 13.8. The summed E-state index contributed by atoms with van der Waals surface area (Å²) in [5.41, 5.74) is -0.113. The first-order chi connectivity index (χ1) is 8.52. The molecule has 1 N–H and O–H groups in total. The number of carbonyl (C=O) groups is 2. The molecule has 7 heteroatoms. The predicted octanol–water partition coefficient (Wildman–Crippen LogP) is 2.19. The van der Waals surface area contributed by atoms with E-state index in [1.165, 1.54) is 28.8 Å². The normalized spacial score (nSPS) is 19.0. The van der Waals surface area contributed by atoms with Gasteiger partial charge in [0.2, 0.25) is 0 Å². The van der Waals surface area contributed by atoms with Gasteiger partial charge in [-0.2, -0.15) is 0 Å². The number of rotatable bonds is 2. The van der Waals surface area contributed by atoms with Gasteiger partial charge in [0.05, 0.1) is 15.9 Å². The second-order valence-electron chi connectivity index (χ2n) is 3.73. The third-order valence-corrected chi connectivity index (χ3v) is 4.23. The molecule has 2 rings (SSSR count).